The van der Waals surface area contributed by atoms with Gasteiger partial charge < -0.3 is 0 Å². The van der Waals surface area contributed by atoms with E-state index in [0.29, 0.717) is 11.7 Å². The van der Waals surface area contributed by atoms with E-state index in [-0.39, 0.29) is 0 Å². The minimum atomic E-state index is 0.446. The number of nitrogens with zero attached hydrogens (tertiary/aromatic N) is 4. The molecule has 0 radical (unpaired) electrons. The predicted octanol–water partition coefficient (Wildman–Crippen LogP) is 1.91. The van der Waals surface area contributed by atoms with Gasteiger partial charge in [-0.2, -0.15) is 17.4 Å². The lowest BCUT2D eigenvalue weighted by Crippen LogP contribution is -2.11. The highest BCUT2D eigenvalue weighted by atomic mass is 32.1. The van der Waals surface area contributed by atoms with Gasteiger partial charge in [0.15, 0.2) is 0 Å². The second kappa shape index (κ2) is 5.12. The zero-order valence-corrected chi connectivity index (χ0v) is 10.0. The molecule has 1 atom stereocenters. The third-order valence-electron chi connectivity index (χ3n) is 2.27. The molecule has 0 aliphatic carbocycles. The van der Waals surface area contributed by atoms with Crippen LogP contribution >= 0.6 is 12.6 Å². The number of hydrogen-bond acceptors (Lipinski definition) is 4. The number of hydrogen-bond donors (Lipinski definition) is 1. The Morgan fingerprint density at radius 1 is 1.31 bits per heavy atom. The summed E-state index contributed by atoms with van der Waals surface area (Å²) in [6.45, 7) is 2.86. The number of thiol groups is 1. The molecule has 0 saturated carbocycles. The third-order valence-corrected chi connectivity index (χ3v) is 2.89. The maximum absolute atomic E-state index is 4.33. The van der Waals surface area contributed by atoms with E-state index in [1.807, 2.05) is 30.3 Å². The van der Waals surface area contributed by atoms with E-state index in [4.69, 9.17) is 0 Å². The lowest BCUT2D eigenvalue weighted by atomic mass is 10.2. The summed E-state index contributed by atoms with van der Waals surface area (Å²) in [5, 5.41) is 12.4. The maximum atomic E-state index is 4.33. The molecule has 16 heavy (non-hydrogen) atoms. The Morgan fingerprint density at radius 3 is 2.75 bits per heavy atom. The molecule has 0 spiro atoms. The molecule has 2 rings (SSSR count). The molecule has 1 unspecified atom stereocenters. The Labute approximate surface area is 100 Å². The molecule has 4 nitrogen and oxygen atoms in total. The van der Waals surface area contributed by atoms with Gasteiger partial charge in [-0.1, -0.05) is 37.3 Å². The van der Waals surface area contributed by atoms with Crippen LogP contribution in [0.1, 0.15) is 6.92 Å². The van der Waals surface area contributed by atoms with Crippen molar-refractivity contribution in [2.75, 3.05) is 5.75 Å². The molecule has 0 aliphatic rings. The van der Waals surface area contributed by atoms with Gasteiger partial charge >= 0.3 is 0 Å². The van der Waals surface area contributed by atoms with Crippen molar-refractivity contribution < 1.29 is 0 Å². The second-order valence-corrected chi connectivity index (χ2v) is 4.19. The number of aromatic nitrogens is 4. The fraction of sp³-hybridized carbons (Fsp3) is 0.364. The minimum Gasteiger partial charge on any atom is -0.179 e. The van der Waals surface area contributed by atoms with E-state index in [2.05, 4.69) is 35.0 Å². The molecule has 2 aromatic rings. The van der Waals surface area contributed by atoms with Crippen LogP contribution in [0.3, 0.4) is 0 Å². The zero-order chi connectivity index (χ0) is 11.4. The maximum Gasteiger partial charge on any atom is 0.204 e. The fourth-order valence-corrected chi connectivity index (χ4v) is 1.48. The van der Waals surface area contributed by atoms with Crippen LogP contribution in [0, 0.1) is 5.92 Å². The van der Waals surface area contributed by atoms with Crippen molar-refractivity contribution in [2.45, 2.75) is 13.5 Å². The molecule has 1 aromatic heterocycles. The zero-order valence-electron chi connectivity index (χ0n) is 9.11. The summed E-state index contributed by atoms with van der Waals surface area (Å²) in [6, 6.07) is 9.85. The number of rotatable bonds is 4. The summed E-state index contributed by atoms with van der Waals surface area (Å²) in [6.07, 6.45) is 0. The molecule has 0 aliphatic heterocycles. The van der Waals surface area contributed by atoms with E-state index in [0.717, 1.165) is 17.9 Å². The van der Waals surface area contributed by atoms with Crippen LogP contribution in [0.15, 0.2) is 30.3 Å². The molecule has 1 heterocycles. The number of benzene rings is 1. The highest BCUT2D eigenvalue weighted by Gasteiger charge is 2.07. The van der Waals surface area contributed by atoms with Gasteiger partial charge in [0.05, 0.1) is 6.54 Å². The summed E-state index contributed by atoms with van der Waals surface area (Å²) in [5.41, 5.74) is 0.993. The molecule has 0 fully saturated rings. The van der Waals surface area contributed by atoms with Crippen molar-refractivity contribution in [3.05, 3.63) is 30.3 Å². The summed E-state index contributed by atoms with van der Waals surface area (Å²) < 4.78 is 0. The molecule has 0 bridgehead atoms. The Balaban J connectivity index is 2.14. The predicted molar refractivity (Wildman–Crippen MR) is 66.3 cm³/mol. The van der Waals surface area contributed by atoms with E-state index in [1.165, 1.54) is 0 Å². The Hall–Kier alpha value is -1.36. The first-order chi connectivity index (χ1) is 7.79. The van der Waals surface area contributed by atoms with Crippen molar-refractivity contribution in [2.24, 2.45) is 5.92 Å². The van der Waals surface area contributed by atoms with Crippen molar-refractivity contribution >= 4 is 12.6 Å². The molecule has 84 valence electrons. The topological polar surface area (TPSA) is 43.6 Å². The van der Waals surface area contributed by atoms with Crippen LogP contribution in [-0.2, 0) is 6.54 Å². The van der Waals surface area contributed by atoms with Gasteiger partial charge in [-0.05, 0) is 16.9 Å². The first-order valence-corrected chi connectivity index (χ1v) is 5.87. The van der Waals surface area contributed by atoms with Crippen LogP contribution in [0.5, 0.6) is 0 Å². The van der Waals surface area contributed by atoms with Gasteiger partial charge in [-0.3, -0.25) is 0 Å². The molecule has 1 aromatic carbocycles. The van der Waals surface area contributed by atoms with Crippen LogP contribution < -0.4 is 0 Å². The third kappa shape index (κ3) is 2.61. The molecular weight excluding hydrogens is 220 g/mol. The highest BCUT2D eigenvalue weighted by Crippen LogP contribution is 2.12. The standard InChI is InChI=1S/C11H14N4S/c1-9(8-16)7-15-13-11(12-14-15)10-5-3-2-4-6-10/h2-6,9,16H,7-8H2,1H3. The Morgan fingerprint density at radius 2 is 2.06 bits per heavy atom. The van der Waals surface area contributed by atoms with Crippen molar-refractivity contribution in [3.8, 4) is 11.4 Å². The largest absolute Gasteiger partial charge is 0.204 e. The average molecular weight is 234 g/mol. The monoisotopic (exact) mass is 234 g/mol. The summed E-state index contributed by atoms with van der Waals surface area (Å²) >= 11 is 4.23. The smallest absolute Gasteiger partial charge is 0.179 e. The molecular formula is C11H14N4S. The van der Waals surface area contributed by atoms with Gasteiger partial charge in [-0.25, -0.2) is 0 Å². The van der Waals surface area contributed by atoms with Gasteiger partial charge in [0.2, 0.25) is 5.82 Å². The number of tetrazole rings is 1. The SMILES string of the molecule is CC(CS)Cn1nnc(-c2ccccc2)n1. The van der Waals surface area contributed by atoms with E-state index in [9.17, 15) is 0 Å². The summed E-state index contributed by atoms with van der Waals surface area (Å²) in [7, 11) is 0. The fourth-order valence-electron chi connectivity index (χ4n) is 1.36. The van der Waals surface area contributed by atoms with Gasteiger partial charge in [0.1, 0.15) is 0 Å². The minimum absolute atomic E-state index is 0.446. The van der Waals surface area contributed by atoms with Crippen molar-refractivity contribution in [1.82, 2.24) is 20.2 Å². The van der Waals surface area contributed by atoms with Crippen molar-refractivity contribution in [1.29, 1.82) is 0 Å². The lowest BCUT2D eigenvalue weighted by Gasteiger charge is -2.04. The second-order valence-electron chi connectivity index (χ2n) is 3.82. The first-order valence-electron chi connectivity index (χ1n) is 5.23. The lowest BCUT2D eigenvalue weighted by molar-refractivity contribution is 0.435. The summed E-state index contributed by atoms with van der Waals surface area (Å²) in [5.74, 6) is 1.94. The molecule has 0 amide bonds. The van der Waals surface area contributed by atoms with Gasteiger partial charge in [0, 0.05) is 5.56 Å². The van der Waals surface area contributed by atoms with Crippen LogP contribution in [0.2, 0.25) is 0 Å². The van der Waals surface area contributed by atoms with Crippen LogP contribution in [-0.4, -0.2) is 26.0 Å². The van der Waals surface area contributed by atoms with E-state index >= 15 is 0 Å². The quantitative estimate of drug-likeness (QED) is 0.822. The van der Waals surface area contributed by atoms with Gasteiger partial charge in [0.25, 0.3) is 0 Å². The Kier molecular flexibility index (Phi) is 3.56. The summed E-state index contributed by atoms with van der Waals surface area (Å²) in [4.78, 5) is 1.63. The van der Waals surface area contributed by atoms with Crippen LogP contribution in [0.4, 0.5) is 0 Å². The Bertz CT molecular complexity index is 440. The first kappa shape index (κ1) is 11.1. The molecule has 0 N–H and O–H groups in total. The molecule has 0 saturated heterocycles. The van der Waals surface area contributed by atoms with E-state index < -0.39 is 0 Å². The van der Waals surface area contributed by atoms with Crippen molar-refractivity contribution in [3.63, 3.8) is 0 Å². The van der Waals surface area contributed by atoms with E-state index in [1.54, 1.807) is 4.80 Å². The average Bonchev–Trinajstić information content (AvgIpc) is 2.78. The highest BCUT2D eigenvalue weighted by molar-refractivity contribution is 7.80. The normalized spacial score (nSPS) is 12.6. The molecule has 5 heteroatoms. The van der Waals surface area contributed by atoms with Gasteiger partial charge in [-0.15, -0.1) is 10.2 Å². The van der Waals surface area contributed by atoms with Crippen LogP contribution in [0.25, 0.3) is 11.4 Å².